The maximum Gasteiger partial charge on any atom is 0.289 e. The molecule has 0 bridgehead atoms. The van der Waals surface area contributed by atoms with Crippen LogP contribution in [-0.2, 0) is 25.6 Å². The number of amides is 4. The fourth-order valence-corrected chi connectivity index (χ4v) is 5.58. The smallest absolute Gasteiger partial charge is 0.289 e. The first-order valence-electron chi connectivity index (χ1n) is 16.1. The van der Waals surface area contributed by atoms with Gasteiger partial charge in [-0.25, -0.2) is 0 Å². The van der Waals surface area contributed by atoms with Crippen molar-refractivity contribution in [3.63, 3.8) is 0 Å². The number of carbonyl (C=O) groups excluding carboxylic acids is 5. The van der Waals surface area contributed by atoms with E-state index in [1.54, 1.807) is 26.0 Å². The van der Waals surface area contributed by atoms with Gasteiger partial charge < -0.3 is 21.3 Å². The predicted octanol–water partition coefficient (Wildman–Crippen LogP) is 4.36. The SMILES string of the molecule is CC(NC(=O)C(Cc1ccccc1)NC(=O)c1ccc(-c2ccccc2)cc1)C(=O)NC(C(=O)C(=O)NC1CCCCC1)C(C)C. The quantitative estimate of drug-likeness (QED) is 0.210. The number of ketones is 1. The van der Waals surface area contributed by atoms with Gasteiger partial charge in [0.2, 0.25) is 17.6 Å². The summed E-state index contributed by atoms with van der Waals surface area (Å²) in [5.74, 6) is -3.35. The molecular formula is C37H44N4O5. The molecule has 1 fully saturated rings. The Morgan fingerprint density at radius 3 is 1.87 bits per heavy atom. The molecule has 0 spiro atoms. The van der Waals surface area contributed by atoms with Crippen LogP contribution in [-0.4, -0.2) is 53.6 Å². The van der Waals surface area contributed by atoms with Crippen LogP contribution in [0.3, 0.4) is 0 Å². The minimum atomic E-state index is -1.05. The molecule has 3 atom stereocenters. The number of Topliss-reactive ketones (excluding diaryl/α,β-unsaturated/α-hetero) is 1. The molecule has 1 aliphatic carbocycles. The van der Waals surface area contributed by atoms with Crippen molar-refractivity contribution < 1.29 is 24.0 Å². The lowest BCUT2D eigenvalue weighted by atomic mass is 9.94. The molecule has 0 aliphatic heterocycles. The van der Waals surface area contributed by atoms with E-state index < -0.39 is 47.5 Å². The predicted molar refractivity (Wildman–Crippen MR) is 178 cm³/mol. The molecule has 1 saturated carbocycles. The molecular weight excluding hydrogens is 580 g/mol. The van der Waals surface area contributed by atoms with Crippen molar-refractivity contribution in [3.05, 3.63) is 96.1 Å². The molecule has 242 valence electrons. The van der Waals surface area contributed by atoms with E-state index in [9.17, 15) is 24.0 Å². The van der Waals surface area contributed by atoms with E-state index in [0.29, 0.717) is 5.56 Å². The summed E-state index contributed by atoms with van der Waals surface area (Å²) >= 11 is 0. The molecule has 9 nitrogen and oxygen atoms in total. The zero-order valence-electron chi connectivity index (χ0n) is 26.8. The average Bonchev–Trinajstić information content (AvgIpc) is 3.07. The van der Waals surface area contributed by atoms with Crippen LogP contribution in [0, 0.1) is 5.92 Å². The van der Waals surface area contributed by atoms with Crippen LogP contribution >= 0.6 is 0 Å². The van der Waals surface area contributed by atoms with Gasteiger partial charge >= 0.3 is 0 Å². The highest BCUT2D eigenvalue weighted by atomic mass is 16.2. The van der Waals surface area contributed by atoms with E-state index in [1.165, 1.54) is 6.92 Å². The topological polar surface area (TPSA) is 133 Å². The van der Waals surface area contributed by atoms with Crippen molar-refractivity contribution in [2.24, 2.45) is 5.92 Å². The second-order valence-corrected chi connectivity index (χ2v) is 12.3. The van der Waals surface area contributed by atoms with Crippen LogP contribution < -0.4 is 21.3 Å². The second-order valence-electron chi connectivity index (χ2n) is 12.3. The third-order valence-corrected chi connectivity index (χ3v) is 8.32. The van der Waals surface area contributed by atoms with Crippen molar-refractivity contribution in [2.75, 3.05) is 0 Å². The van der Waals surface area contributed by atoms with Crippen molar-refractivity contribution in [3.8, 4) is 11.1 Å². The van der Waals surface area contributed by atoms with Gasteiger partial charge in [-0.1, -0.05) is 106 Å². The molecule has 3 aromatic carbocycles. The maximum atomic E-state index is 13.5. The summed E-state index contributed by atoms with van der Waals surface area (Å²) in [4.78, 5) is 65.8. The summed E-state index contributed by atoms with van der Waals surface area (Å²) in [6.45, 7) is 5.00. The number of hydrogen-bond acceptors (Lipinski definition) is 5. The molecule has 3 unspecified atom stereocenters. The molecule has 4 amide bonds. The Balaban J connectivity index is 1.40. The number of rotatable bonds is 13. The van der Waals surface area contributed by atoms with E-state index in [2.05, 4.69) is 21.3 Å². The van der Waals surface area contributed by atoms with E-state index in [-0.39, 0.29) is 18.4 Å². The standard InChI is InChI=1S/C37H44N4O5/c1-24(2)32(33(42)37(46)39-30-17-11-6-12-18-30)41-34(43)25(3)38-36(45)31(23-26-13-7-4-8-14-26)40-35(44)29-21-19-28(20-22-29)27-15-9-5-10-16-27/h4-5,7-10,13-16,19-22,24-25,30-32H,6,11-12,17-18,23H2,1-3H3,(H,38,45)(H,39,46)(H,40,44)(H,41,43). The summed E-state index contributed by atoms with van der Waals surface area (Å²) in [6.07, 6.45) is 5.00. The highest BCUT2D eigenvalue weighted by Gasteiger charge is 2.33. The Hall–Kier alpha value is -4.79. The minimum Gasteiger partial charge on any atom is -0.347 e. The van der Waals surface area contributed by atoms with Crippen molar-refractivity contribution in [2.45, 2.75) is 83.5 Å². The molecule has 3 aromatic rings. The molecule has 9 heteroatoms. The van der Waals surface area contributed by atoms with E-state index in [0.717, 1.165) is 48.8 Å². The molecule has 46 heavy (non-hydrogen) atoms. The van der Waals surface area contributed by atoms with Gasteiger partial charge in [0, 0.05) is 18.0 Å². The summed E-state index contributed by atoms with van der Waals surface area (Å²) < 4.78 is 0. The van der Waals surface area contributed by atoms with Gasteiger partial charge in [-0.3, -0.25) is 24.0 Å². The van der Waals surface area contributed by atoms with Gasteiger partial charge in [0.15, 0.2) is 0 Å². The van der Waals surface area contributed by atoms with Crippen LogP contribution in [0.1, 0.15) is 68.8 Å². The molecule has 0 saturated heterocycles. The second kappa shape index (κ2) is 16.5. The summed E-state index contributed by atoms with van der Waals surface area (Å²) in [5, 5.41) is 11.0. The van der Waals surface area contributed by atoms with Crippen molar-refractivity contribution >= 4 is 29.4 Å². The maximum absolute atomic E-state index is 13.5. The molecule has 1 aliphatic rings. The van der Waals surface area contributed by atoms with Crippen LogP contribution in [0.4, 0.5) is 0 Å². The van der Waals surface area contributed by atoms with Gasteiger partial charge in [-0.15, -0.1) is 0 Å². The monoisotopic (exact) mass is 624 g/mol. The lowest BCUT2D eigenvalue weighted by molar-refractivity contribution is -0.141. The number of nitrogens with one attached hydrogen (secondary N) is 4. The van der Waals surface area contributed by atoms with E-state index >= 15 is 0 Å². The van der Waals surface area contributed by atoms with Gasteiger partial charge in [-0.05, 0) is 54.5 Å². The van der Waals surface area contributed by atoms with Crippen molar-refractivity contribution in [1.29, 1.82) is 0 Å². The number of hydrogen-bond donors (Lipinski definition) is 4. The lowest BCUT2D eigenvalue weighted by Gasteiger charge is -2.26. The third kappa shape index (κ3) is 9.60. The van der Waals surface area contributed by atoms with E-state index in [1.807, 2.05) is 72.8 Å². The zero-order valence-corrected chi connectivity index (χ0v) is 26.8. The van der Waals surface area contributed by atoms with Crippen LogP contribution in [0.15, 0.2) is 84.9 Å². The summed E-state index contributed by atoms with van der Waals surface area (Å²) in [6, 6.07) is 23.1. The molecule has 0 heterocycles. The van der Waals surface area contributed by atoms with Crippen LogP contribution in [0.5, 0.6) is 0 Å². The third-order valence-electron chi connectivity index (χ3n) is 8.32. The molecule has 4 N–H and O–H groups in total. The first-order chi connectivity index (χ1) is 22.1. The van der Waals surface area contributed by atoms with Gasteiger partial charge in [-0.2, -0.15) is 0 Å². The number of carbonyl (C=O) groups is 5. The summed E-state index contributed by atoms with van der Waals surface area (Å²) in [7, 11) is 0. The lowest BCUT2D eigenvalue weighted by Crippen LogP contribution is -2.57. The Bertz CT molecular complexity index is 1490. The zero-order chi connectivity index (χ0) is 33.1. The van der Waals surface area contributed by atoms with Crippen molar-refractivity contribution in [1.82, 2.24) is 21.3 Å². The van der Waals surface area contributed by atoms with Crippen LogP contribution in [0.25, 0.3) is 11.1 Å². The fraction of sp³-hybridized carbons (Fsp3) is 0.378. The Kier molecular flexibility index (Phi) is 12.2. The fourth-order valence-electron chi connectivity index (χ4n) is 5.58. The Morgan fingerprint density at radius 1 is 0.674 bits per heavy atom. The summed E-state index contributed by atoms with van der Waals surface area (Å²) in [5.41, 5.74) is 3.20. The highest BCUT2D eigenvalue weighted by molar-refractivity contribution is 6.38. The van der Waals surface area contributed by atoms with Gasteiger partial charge in [0.05, 0.1) is 6.04 Å². The van der Waals surface area contributed by atoms with Crippen LogP contribution in [0.2, 0.25) is 0 Å². The van der Waals surface area contributed by atoms with E-state index in [4.69, 9.17) is 0 Å². The van der Waals surface area contributed by atoms with Gasteiger partial charge in [0.1, 0.15) is 12.1 Å². The molecule has 4 rings (SSSR count). The Morgan fingerprint density at radius 2 is 1.26 bits per heavy atom. The normalized spacial score (nSPS) is 15.2. The number of benzene rings is 3. The first-order valence-corrected chi connectivity index (χ1v) is 16.1. The first kappa shape index (κ1) is 34.1. The average molecular weight is 625 g/mol. The Labute approximate surface area is 270 Å². The molecule has 0 radical (unpaired) electrons. The minimum absolute atomic E-state index is 0.0366. The highest BCUT2D eigenvalue weighted by Crippen LogP contribution is 2.20. The van der Waals surface area contributed by atoms with Gasteiger partial charge in [0.25, 0.3) is 11.8 Å². The molecule has 0 aromatic heterocycles. The largest absolute Gasteiger partial charge is 0.347 e.